The quantitative estimate of drug-likeness (QED) is 0.564. The number of fused-ring (bicyclic) bond motifs is 1. The van der Waals surface area contributed by atoms with E-state index in [0.717, 1.165) is 47.4 Å². The summed E-state index contributed by atoms with van der Waals surface area (Å²) >= 11 is 0. The van der Waals surface area contributed by atoms with Crippen LogP contribution in [0.2, 0.25) is 0 Å². The van der Waals surface area contributed by atoms with Gasteiger partial charge in [-0.05, 0) is 44.5 Å². The molecule has 2 fully saturated rings. The minimum atomic E-state index is 0.182. The number of hydrogen-bond acceptors (Lipinski definition) is 8. The molecule has 1 aromatic carbocycles. The van der Waals surface area contributed by atoms with E-state index in [1.807, 2.05) is 37.3 Å². The molecule has 2 aromatic heterocycles. The first-order chi connectivity index (χ1) is 16.0. The maximum absolute atomic E-state index is 11.5. The van der Waals surface area contributed by atoms with Gasteiger partial charge in [0.05, 0.1) is 49.6 Å². The van der Waals surface area contributed by atoms with Crippen molar-refractivity contribution < 1.29 is 14.3 Å². The molecule has 2 saturated heterocycles. The number of morpholine rings is 2. The van der Waals surface area contributed by atoms with Crippen LogP contribution in [0.5, 0.6) is 0 Å². The van der Waals surface area contributed by atoms with Gasteiger partial charge in [0, 0.05) is 24.2 Å². The molecule has 0 amide bonds. The molecule has 3 aromatic rings. The summed E-state index contributed by atoms with van der Waals surface area (Å²) in [5, 5.41) is 0.917. The predicted molar refractivity (Wildman–Crippen MR) is 128 cm³/mol. The van der Waals surface area contributed by atoms with Crippen molar-refractivity contribution in [2.45, 2.75) is 32.9 Å². The first-order valence-electron chi connectivity index (χ1n) is 11.5. The first kappa shape index (κ1) is 21.7. The van der Waals surface area contributed by atoms with E-state index in [9.17, 15) is 4.79 Å². The maximum atomic E-state index is 11.5. The molecule has 0 saturated carbocycles. The molecule has 33 heavy (non-hydrogen) atoms. The van der Waals surface area contributed by atoms with Crippen LogP contribution in [0.1, 0.15) is 29.8 Å². The van der Waals surface area contributed by atoms with Gasteiger partial charge in [-0.15, -0.1) is 0 Å². The van der Waals surface area contributed by atoms with Gasteiger partial charge < -0.3 is 19.3 Å². The van der Waals surface area contributed by atoms with Gasteiger partial charge in [-0.2, -0.15) is 9.97 Å². The number of rotatable bonds is 4. The lowest BCUT2D eigenvalue weighted by molar-refractivity contribution is 0.0973. The van der Waals surface area contributed by atoms with E-state index >= 15 is 0 Å². The Bertz CT molecular complexity index is 1180. The van der Waals surface area contributed by atoms with E-state index in [1.54, 1.807) is 0 Å². The highest BCUT2D eigenvalue weighted by molar-refractivity contribution is 5.90. The van der Waals surface area contributed by atoms with Gasteiger partial charge in [-0.1, -0.05) is 12.1 Å². The minimum absolute atomic E-state index is 0.182. The lowest BCUT2D eigenvalue weighted by Crippen LogP contribution is -2.46. The number of benzene rings is 1. The van der Waals surface area contributed by atoms with E-state index in [4.69, 9.17) is 24.4 Å². The zero-order valence-corrected chi connectivity index (χ0v) is 19.3. The van der Waals surface area contributed by atoms with Crippen LogP contribution >= 0.6 is 0 Å². The summed E-state index contributed by atoms with van der Waals surface area (Å²) in [6, 6.07) is 10.2. The Kier molecular flexibility index (Phi) is 5.95. The fourth-order valence-corrected chi connectivity index (χ4v) is 4.48. The van der Waals surface area contributed by atoms with Gasteiger partial charge in [0.25, 0.3) is 0 Å². The molecule has 5 rings (SSSR count). The van der Waals surface area contributed by atoms with Crippen molar-refractivity contribution in [2.24, 2.45) is 0 Å². The lowest BCUT2D eigenvalue weighted by atomic mass is 10.0. The molecule has 0 unspecified atom stereocenters. The van der Waals surface area contributed by atoms with Crippen molar-refractivity contribution in [3.8, 4) is 11.3 Å². The van der Waals surface area contributed by atoms with Crippen LogP contribution in [0.3, 0.4) is 0 Å². The summed E-state index contributed by atoms with van der Waals surface area (Å²) in [7, 11) is 0. The number of nitrogens with zero attached hydrogens (tertiary/aromatic N) is 5. The summed E-state index contributed by atoms with van der Waals surface area (Å²) in [6.07, 6.45) is 0.887. The molecule has 0 bridgehead atoms. The van der Waals surface area contributed by atoms with Crippen LogP contribution in [-0.4, -0.2) is 72.8 Å². The normalized spacial score (nSPS) is 21.4. The number of aryl methyl sites for hydroxylation is 1. The number of carbonyl (C=O) groups excluding carboxylic acids is 1. The highest BCUT2D eigenvalue weighted by Crippen LogP contribution is 2.31. The predicted octanol–water partition coefficient (Wildman–Crippen LogP) is 3.26. The zero-order valence-electron chi connectivity index (χ0n) is 19.3. The Hall–Kier alpha value is -3.10. The molecule has 8 nitrogen and oxygen atoms in total. The molecule has 0 N–H and O–H groups in total. The van der Waals surface area contributed by atoms with Crippen LogP contribution in [0.25, 0.3) is 22.3 Å². The van der Waals surface area contributed by atoms with Crippen LogP contribution < -0.4 is 9.80 Å². The summed E-state index contributed by atoms with van der Waals surface area (Å²) in [4.78, 5) is 30.8. The number of anilines is 2. The highest BCUT2D eigenvalue weighted by atomic mass is 16.5. The molecule has 0 spiro atoms. The van der Waals surface area contributed by atoms with Gasteiger partial charge in [-0.3, -0.25) is 4.79 Å². The second-order valence-electron chi connectivity index (χ2n) is 8.84. The Morgan fingerprint density at radius 1 is 0.939 bits per heavy atom. The van der Waals surface area contributed by atoms with Crippen molar-refractivity contribution in [1.29, 1.82) is 0 Å². The molecule has 0 aliphatic carbocycles. The number of aromatic nitrogens is 3. The van der Waals surface area contributed by atoms with Crippen molar-refractivity contribution >= 4 is 29.1 Å². The van der Waals surface area contributed by atoms with E-state index in [0.29, 0.717) is 43.6 Å². The fourth-order valence-electron chi connectivity index (χ4n) is 4.48. The van der Waals surface area contributed by atoms with Gasteiger partial charge in [0.2, 0.25) is 5.95 Å². The number of aldehydes is 1. The van der Waals surface area contributed by atoms with Gasteiger partial charge in [0.1, 0.15) is 12.1 Å². The average molecular weight is 448 g/mol. The maximum Gasteiger partial charge on any atom is 0.229 e. The third-order valence-electron chi connectivity index (χ3n) is 6.49. The third-order valence-corrected chi connectivity index (χ3v) is 6.49. The molecule has 172 valence electrons. The van der Waals surface area contributed by atoms with Gasteiger partial charge >= 0.3 is 0 Å². The minimum Gasteiger partial charge on any atom is -0.377 e. The SMILES string of the molecule is Cc1ccc(-c2ccc3c(N4CCOC[C@@H]4C)nc(N4CCOC[C@@H]4C)nc3n2)cc1C=O. The standard InChI is InChI=1S/C25H29N5O3/c1-16-4-5-19(12-20(16)13-31)22-7-6-21-23(26-22)27-25(30-9-11-33-15-18(30)3)28-24(21)29-8-10-32-14-17(29)2/h4-7,12-13,17-18H,8-11,14-15H2,1-3H3/t17-,18-/m0/s1. The summed E-state index contributed by atoms with van der Waals surface area (Å²) < 4.78 is 11.3. The molecule has 8 heteroatoms. The van der Waals surface area contributed by atoms with E-state index in [-0.39, 0.29) is 12.1 Å². The number of pyridine rings is 1. The monoisotopic (exact) mass is 447 g/mol. The zero-order chi connectivity index (χ0) is 22.9. The van der Waals surface area contributed by atoms with E-state index < -0.39 is 0 Å². The Balaban J connectivity index is 1.65. The first-order valence-corrected chi connectivity index (χ1v) is 11.5. The van der Waals surface area contributed by atoms with Crippen molar-refractivity contribution in [1.82, 2.24) is 15.0 Å². The average Bonchev–Trinajstić information content (AvgIpc) is 2.84. The van der Waals surface area contributed by atoms with E-state index in [2.05, 4.69) is 23.6 Å². The lowest BCUT2D eigenvalue weighted by Gasteiger charge is -2.37. The van der Waals surface area contributed by atoms with Crippen molar-refractivity contribution in [2.75, 3.05) is 49.3 Å². The Labute approximate surface area is 193 Å². The fraction of sp³-hybridized carbons (Fsp3) is 0.440. The Morgan fingerprint density at radius 3 is 2.36 bits per heavy atom. The van der Waals surface area contributed by atoms with E-state index in [1.165, 1.54) is 0 Å². The second kappa shape index (κ2) is 9.03. The summed E-state index contributed by atoms with van der Waals surface area (Å²) in [5.74, 6) is 1.56. The van der Waals surface area contributed by atoms with Crippen LogP contribution in [0.4, 0.5) is 11.8 Å². The molecule has 0 radical (unpaired) electrons. The highest BCUT2D eigenvalue weighted by Gasteiger charge is 2.27. The van der Waals surface area contributed by atoms with Crippen molar-refractivity contribution in [3.63, 3.8) is 0 Å². The molecule has 2 atom stereocenters. The molecular formula is C25H29N5O3. The Morgan fingerprint density at radius 2 is 1.67 bits per heavy atom. The third kappa shape index (κ3) is 4.16. The largest absolute Gasteiger partial charge is 0.377 e. The second-order valence-corrected chi connectivity index (χ2v) is 8.84. The molecule has 4 heterocycles. The van der Waals surface area contributed by atoms with Crippen molar-refractivity contribution in [3.05, 3.63) is 41.5 Å². The van der Waals surface area contributed by atoms with Gasteiger partial charge in [0.15, 0.2) is 5.65 Å². The molecule has 2 aliphatic heterocycles. The van der Waals surface area contributed by atoms with Crippen LogP contribution in [0.15, 0.2) is 30.3 Å². The number of hydrogen-bond donors (Lipinski definition) is 0. The number of ether oxygens (including phenoxy) is 2. The summed E-state index contributed by atoms with van der Waals surface area (Å²) in [5.41, 5.74) is 3.95. The smallest absolute Gasteiger partial charge is 0.229 e. The van der Waals surface area contributed by atoms with Crippen LogP contribution in [0, 0.1) is 6.92 Å². The molecular weight excluding hydrogens is 418 g/mol. The number of carbonyl (C=O) groups is 1. The molecule has 2 aliphatic rings. The van der Waals surface area contributed by atoms with Gasteiger partial charge in [-0.25, -0.2) is 4.98 Å². The topological polar surface area (TPSA) is 80.7 Å². The summed E-state index contributed by atoms with van der Waals surface area (Å²) in [6.45, 7) is 10.4. The van der Waals surface area contributed by atoms with Crippen LogP contribution in [-0.2, 0) is 9.47 Å².